The lowest BCUT2D eigenvalue weighted by molar-refractivity contribution is 0.153. The first-order valence-corrected chi connectivity index (χ1v) is 7.21. The summed E-state index contributed by atoms with van der Waals surface area (Å²) in [5, 5.41) is 3.47. The fourth-order valence-electron chi connectivity index (χ4n) is 2.42. The van der Waals surface area contributed by atoms with Crippen LogP contribution in [-0.2, 0) is 6.54 Å². The summed E-state index contributed by atoms with van der Waals surface area (Å²) < 4.78 is 0. The fraction of sp³-hybridized carbons (Fsp3) is 0.600. The third kappa shape index (κ3) is 4.82. The summed E-state index contributed by atoms with van der Waals surface area (Å²) in [5.74, 6) is 0. The third-order valence-corrected chi connectivity index (χ3v) is 3.79. The van der Waals surface area contributed by atoms with Crippen LogP contribution >= 0.6 is 0 Å². The van der Waals surface area contributed by atoms with Crippen molar-refractivity contribution in [2.45, 2.75) is 13.0 Å². The Labute approximate surface area is 116 Å². The van der Waals surface area contributed by atoms with Gasteiger partial charge in [0.2, 0.25) is 0 Å². The highest BCUT2D eigenvalue weighted by Gasteiger charge is 2.12. The summed E-state index contributed by atoms with van der Waals surface area (Å²) in [4.78, 5) is 4.95. The largest absolute Gasteiger partial charge is 0.398 e. The Hall–Kier alpha value is -1.10. The Bertz CT molecular complexity index is 372. The van der Waals surface area contributed by atoms with Crippen LogP contribution in [0.5, 0.6) is 0 Å². The molecule has 1 fully saturated rings. The molecular weight excluding hydrogens is 236 g/mol. The van der Waals surface area contributed by atoms with Gasteiger partial charge in [-0.15, -0.1) is 0 Å². The first-order valence-electron chi connectivity index (χ1n) is 7.21. The van der Waals surface area contributed by atoms with E-state index in [9.17, 15) is 0 Å². The summed E-state index contributed by atoms with van der Waals surface area (Å²) in [7, 11) is 2.20. The van der Waals surface area contributed by atoms with Gasteiger partial charge in [-0.05, 0) is 38.2 Å². The molecule has 2 rings (SSSR count). The molecule has 106 valence electrons. The van der Waals surface area contributed by atoms with E-state index in [0.29, 0.717) is 0 Å². The molecule has 19 heavy (non-hydrogen) atoms. The predicted octanol–water partition coefficient (Wildman–Crippen LogP) is 0.996. The minimum absolute atomic E-state index is 0.870. The number of nitrogen functional groups attached to an aromatic ring is 1. The Morgan fingerprint density at radius 2 is 1.89 bits per heavy atom. The van der Waals surface area contributed by atoms with Crippen molar-refractivity contribution < 1.29 is 0 Å². The van der Waals surface area contributed by atoms with Crippen LogP contribution < -0.4 is 11.1 Å². The molecule has 4 nitrogen and oxygen atoms in total. The predicted molar refractivity (Wildman–Crippen MR) is 81.1 cm³/mol. The number of hydrogen-bond acceptors (Lipinski definition) is 4. The summed E-state index contributed by atoms with van der Waals surface area (Å²) in [6.45, 7) is 7.95. The van der Waals surface area contributed by atoms with Gasteiger partial charge in [0.15, 0.2) is 0 Å². The number of hydrogen-bond donors (Lipinski definition) is 2. The number of piperazine rings is 1. The van der Waals surface area contributed by atoms with E-state index >= 15 is 0 Å². The van der Waals surface area contributed by atoms with Gasteiger partial charge in [-0.1, -0.05) is 18.2 Å². The Morgan fingerprint density at radius 1 is 1.16 bits per heavy atom. The van der Waals surface area contributed by atoms with Gasteiger partial charge < -0.3 is 20.9 Å². The SMILES string of the molecule is CN1CCN(CCCNCc2ccccc2N)CC1. The van der Waals surface area contributed by atoms with Gasteiger partial charge in [0, 0.05) is 38.4 Å². The number of nitrogens with two attached hydrogens (primary N) is 1. The van der Waals surface area contributed by atoms with Crippen LogP contribution in [0.15, 0.2) is 24.3 Å². The number of rotatable bonds is 6. The number of para-hydroxylation sites is 1. The zero-order valence-corrected chi connectivity index (χ0v) is 11.9. The van der Waals surface area contributed by atoms with Crippen molar-refractivity contribution in [1.82, 2.24) is 15.1 Å². The smallest absolute Gasteiger partial charge is 0.0359 e. The molecular formula is C15H26N4. The molecule has 1 aliphatic rings. The Balaban J connectivity index is 1.56. The van der Waals surface area contributed by atoms with E-state index in [-0.39, 0.29) is 0 Å². The molecule has 0 bridgehead atoms. The Kier molecular flexibility index (Phi) is 5.63. The lowest BCUT2D eigenvalue weighted by Gasteiger charge is -2.32. The summed E-state index contributed by atoms with van der Waals surface area (Å²) in [6, 6.07) is 8.06. The van der Waals surface area contributed by atoms with Crippen LogP contribution in [0.3, 0.4) is 0 Å². The second kappa shape index (κ2) is 7.48. The van der Waals surface area contributed by atoms with Crippen molar-refractivity contribution in [3.05, 3.63) is 29.8 Å². The molecule has 1 heterocycles. The molecule has 0 aromatic heterocycles. The normalized spacial score (nSPS) is 17.7. The molecule has 0 unspecified atom stereocenters. The number of nitrogens with zero attached hydrogens (tertiary/aromatic N) is 2. The van der Waals surface area contributed by atoms with Crippen LogP contribution in [0.1, 0.15) is 12.0 Å². The van der Waals surface area contributed by atoms with Crippen molar-refractivity contribution in [2.24, 2.45) is 0 Å². The zero-order valence-electron chi connectivity index (χ0n) is 11.9. The summed E-state index contributed by atoms with van der Waals surface area (Å²) in [6.07, 6.45) is 1.20. The molecule has 1 aliphatic heterocycles. The quantitative estimate of drug-likeness (QED) is 0.593. The molecule has 3 N–H and O–H groups in total. The van der Waals surface area contributed by atoms with Crippen molar-refractivity contribution in [1.29, 1.82) is 0 Å². The minimum Gasteiger partial charge on any atom is -0.398 e. The highest BCUT2D eigenvalue weighted by atomic mass is 15.2. The van der Waals surface area contributed by atoms with Crippen molar-refractivity contribution >= 4 is 5.69 Å². The second-order valence-corrected chi connectivity index (χ2v) is 5.37. The average Bonchev–Trinajstić information content (AvgIpc) is 2.42. The molecule has 1 saturated heterocycles. The van der Waals surface area contributed by atoms with E-state index in [1.165, 1.54) is 44.7 Å². The topological polar surface area (TPSA) is 44.5 Å². The number of likely N-dealkylation sites (N-methyl/N-ethyl adjacent to an activating group) is 1. The van der Waals surface area contributed by atoms with Crippen LogP contribution in [0.25, 0.3) is 0 Å². The van der Waals surface area contributed by atoms with Crippen LogP contribution in [0.2, 0.25) is 0 Å². The summed E-state index contributed by atoms with van der Waals surface area (Å²) in [5.41, 5.74) is 7.99. The molecule has 4 heteroatoms. The third-order valence-electron chi connectivity index (χ3n) is 3.79. The fourth-order valence-corrected chi connectivity index (χ4v) is 2.42. The standard InChI is InChI=1S/C15H26N4/c1-18-9-11-19(12-10-18)8-4-7-17-13-14-5-2-3-6-15(14)16/h2-3,5-6,17H,4,7-13,16H2,1H3. The van der Waals surface area contributed by atoms with Gasteiger partial charge in [-0.2, -0.15) is 0 Å². The Morgan fingerprint density at radius 3 is 2.63 bits per heavy atom. The van der Waals surface area contributed by atoms with Crippen molar-refractivity contribution in [2.75, 3.05) is 52.0 Å². The van der Waals surface area contributed by atoms with E-state index in [0.717, 1.165) is 18.8 Å². The second-order valence-electron chi connectivity index (χ2n) is 5.37. The average molecular weight is 262 g/mol. The van der Waals surface area contributed by atoms with E-state index in [1.54, 1.807) is 0 Å². The van der Waals surface area contributed by atoms with Crippen molar-refractivity contribution in [3.63, 3.8) is 0 Å². The molecule has 1 aromatic carbocycles. The maximum atomic E-state index is 5.91. The van der Waals surface area contributed by atoms with Gasteiger partial charge in [0.25, 0.3) is 0 Å². The molecule has 0 saturated carbocycles. The van der Waals surface area contributed by atoms with Crippen molar-refractivity contribution in [3.8, 4) is 0 Å². The molecule has 0 aliphatic carbocycles. The van der Waals surface area contributed by atoms with Gasteiger partial charge in [0.05, 0.1) is 0 Å². The van der Waals surface area contributed by atoms with Crippen LogP contribution in [0, 0.1) is 0 Å². The minimum atomic E-state index is 0.870. The summed E-state index contributed by atoms with van der Waals surface area (Å²) >= 11 is 0. The highest BCUT2D eigenvalue weighted by molar-refractivity contribution is 5.46. The molecule has 0 spiro atoms. The van der Waals surface area contributed by atoms with E-state index < -0.39 is 0 Å². The van der Waals surface area contributed by atoms with Gasteiger partial charge >= 0.3 is 0 Å². The first kappa shape index (κ1) is 14.3. The molecule has 0 amide bonds. The molecule has 0 radical (unpaired) electrons. The number of benzene rings is 1. The van der Waals surface area contributed by atoms with E-state index in [4.69, 9.17) is 5.73 Å². The lowest BCUT2D eigenvalue weighted by Crippen LogP contribution is -2.45. The van der Waals surface area contributed by atoms with Crippen LogP contribution in [-0.4, -0.2) is 56.1 Å². The number of nitrogens with one attached hydrogen (secondary N) is 1. The number of anilines is 1. The first-order chi connectivity index (χ1) is 9.25. The highest BCUT2D eigenvalue weighted by Crippen LogP contribution is 2.09. The van der Waals surface area contributed by atoms with E-state index in [2.05, 4.69) is 28.2 Å². The monoisotopic (exact) mass is 262 g/mol. The van der Waals surface area contributed by atoms with Gasteiger partial charge in [-0.3, -0.25) is 0 Å². The van der Waals surface area contributed by atoms with Gasteiger partial charge in [-0.25, -0.2) is 0 Å². The maximum Gasteiger partial charge on any atom is 0.0359 e. The zero-order chi connectivity index (χ0) is 13.5. The lowest BCUT2D eigenvalue weighted by atomic mass is 10.2. The molecule has 1 aromatic rings. The van der Waals surface area contributed by atoms with Crippen LogP contribution in [0.4, 0.5) is 5.69 Å². The maximum absolute atomic E-state index is 5.91. The molecule has 0 atom stereocenters. The van der Waals surface area contributed by atoms with E-state index in [1.807, 2.05) is 18.2 Å². The van der Waals surface area contributed by atoms with Gasteiger partial charge in [0.1, 0.15) is 0 Å².